The Morgan fingerprint density at radius 3 is 2.78 bits per heavy atom. The van der Waals surface area contributed by atoms with Gasteiger partial charge in [-0.3, -0.25) is 9.89 Å². The summed E-state index contributed by atoms with van der Waals surface area (Å²) in [7, 11) is 1.59. The number of ether oxygens (including phenoxy) is 1. The molecular weight excluding hydrogens is 475 g/mol. The average molecular weight is 501 g/mol. The van der Waals surface area contributed by atoms with E-state index < -0.39 is 0 Å². The van der Waals surface area contributed by atoms with Crippen molar-refractivity contribution in [1.29, 1.82) is 0 Å². The van der Waals surface area contributed by atoms with Gasteiger partial charge >= 0.3 is 0 Å². The minimum atomic E-state index is 0. The van der Waals surface area contributed by atoms with Crippen molar-refractivity contribution in [2.75, 3.05) is 25.5 Å². The number of hydrogen-bond acceptors (Lipinski definition) is 3. The van der Waals surface area contributed by atoms with Crippen LogP contribution in [0.5, 0.6) is 5.75 Å². The van der Waals surface area contributed by atoms with Crippen molar-refractivity contribution >= 4 is 47.2 Å². The van der Waals surface area contributed by atoms with E-state index in [2.05, 4.69) is 39.5 Å². The van der Waals surface area contributed by atoms with Crippen molar-refractivity contribution in [2.24, 2.45) is 10.7 Å². The van der Waals surface area contributed by atoms with Crippen LogP contribution in [0.2, 0.25) is 5.02 Å². The van der Waals surface area contributed by atoms with Crippen molar-refractivity contribution in [3.05, 3.63) is 59.1 Å². The molecule has 0 spiro atoms. The molecule has 1 heterocycles. The van der Waals surface area contributed by atoms with E-state index in [9.17, 15) is 0 Å². The molecule has 1 atom stereocenters. The molecule has 27 heavy (non-hydrogen) atoms. The zero-order chi connectivity index (χ0) is 18.4. The van der Waals surface area contributed by atoms with Gasteiger partial charge in [-0.25, -0.2) is 0 Å². The predicted molar refractivity (Wildman–Crippen MR) is 123 cm³/mol. The van der Waals surface area contributed by atoms with E-state index in [0.29, 0.717) is 29.3 Å². The summed E-state index contributed by atoms with van der Waals surface area (Å²) >= 11 is 6.14. The molecule has 0 saturated carbocycles. The zero-order valence-corrected chi connectivity index (χ0v) is 18.5. The van der Waals surface area contributed by atoms with Crippen LogP contribution in [0.25, 0.3) is 0 Å². The number of methoxy groups -OCH3 is 1. The van der Waals surface area contributed by atoms with E-state index in [4.69, 9.17) is 22.1 Å². The Labute approximate surface area is 183 Å². The third-order valence-electron chi connectivity index (χ3n) is 4.62. The van der Waals surface area contributed by atoms with Crippen LogP contribution in [0, 0.1) is 0 Å². The molecule has 1 aliphatic rings. The zero-order valence-electron chi connectivity index (χ0n) is 15.4. The summed E-state index contributed by atoms with van der Waals surface area (Å²) in [6.07, 6.45) is 2.35. The molecule has 146 valence electrons. The first kappa shape index (κ1) is 21.8. The fourth-order valence-electron chi connectivity index (χ4n) is 3.26. The van der Waals surface area contributed by atoms with Gasteiger partial charge in [0, 0.05) is 18.3 Å². The number of hydrogen-bond donors (Lipinski definition) is 2. The van der Waals surface area contributed by atoms with Crippen LogP contribution in [0.15, 0.2) is 53.5 Å². The van der Waals surface area contributed by atoms with Gasteiger partial charge in [-0.15, -0.1) is 24.0 Å². The number of likely N-dealkylation sites (tertiary alicyclic amines) is 1. The fraction of sp³-hybridized carbons (Fsp3) is 0.350. The highest BCUT2D eigenvalue weighted by Crippen LogP contribution is 2.27. The van der Waals surface area contributed by atoms with Crippen molar-refractivity contribution in [1.82, 2.24) is 4.90 Å². The molecule has 0 aromatic heterocycles. The molecule has 3 N–H and O–H groups in total. The van der Waals surface area contributed by atoms with E-state index in [1.165, 1.54) is 12.0 Å². The lowest BCUT2D eigenvalue weighted by molar-refractivity contribution is 0.250. The molecule has 1 aliphatic heterocycles. The van der Waals surface area contributed by atoms with Crippen LogP contribution in [0.3, 0.4) is 0 Å². The molecule has 1 unspecified atom stereocenters. The maximum absolute atomic E-state index is 6.14. The number of anilines is 1. The summed E-state index contributed by atoms with van der Waals surface area (Å²) in [6.45, 7) is 2.76. The molecule has 0 aliphatic carbocycles. The molecule has 0 amide bonds. The molecule has 2 aromatic carbocycles. The molecule has 1 saturated heterocycles. The van der Waals surface area contributed by atoms with Crippen LogP contribution in [0.4, 0.5) is 5.69 Å². The number of benzene rings is 2. The summed E-state index contributed by atoms with van der Waals surface area (Å²) < 4.78 is 5.15. The number of aliphatic imine (C=N–C) groups is 1. The molecule has 5 nitrogen and oxygen atoms in total. The number of nitrogens with two attached hydrogens (primary N) is 1. The number of halogens is 2. The molecular formula is C20H26ClIN4O. The highest BCUT2D eigenvalue weighted by atomic mass is 127. The van der Waals surface area contributed by atoms with Gasteiger partial charge in [0.1, 0.15) is 5.75 Å². The molecule has 2 aromatic rings. The first-order valence-corrected chi connectivity index (χ1v) is 9.22. The second-order valence-corrected chi connectivity index (χ2v) is 6.86. The Morgan fingerprint density at radius 2 is 2.07 bits per heavy atom. The van der Waals surface area contributed by atoms with Crippen molar-refractivity contribution in [3.8, 4) is 5.75 Å². The van der Waals surface area contributed by atoms with Gasteiger partial charge in [0.2, 0.25) is 0 Å². The van der Waals surface area contributed by atoms with Gasteiger partial charge < -0.3 is 15.8 Å². The normalized spacial score (nSPS) is 17.4. The lowest BCUT2D eigenvalue weighted by Gasteiger charge is -2.23. The second kappa shape index (κ2) is 10.7. The molecule has 7 heteroatoms. The number of rotatable bonds is 6. The number of guanidine groups is 1. The molecule has 3 rings (SSSR count). The Morgan fingerprint density at radius 1 is 1.30 bits per heavy atom. The van der Waals surface area contributed by atoms with Crippen LogP contribution in [-0.4, -0.2) is 37.1 Å². The Bertz CT molecular complexity index is 757. The Balaban J connectivity index is 0.00000261. The van der Waals surface area contributed by atoms with Crippen LogP contribution in [0.1, 0.15) is 18.4 Å². The summed E-state index contributed by atoms with van der Waals surface area (Å²) in [5.74, 6) is 1.04. The summed E-state index contributed by atoms with van der Waals surface area (Å²) in [5.41, 5.74) is 8.18. The summed E-state index contributed by atoms with van der Waals surface area (Å²) in [4.78, 5) is 7.02. The highest BCUT2D eigenvalue weighted by Gasteiger charge is 2.24. The van der Waals surface area contributed by atoms with Crippen LogP contribution < -0.4 is 15.8 Å². The van der Waals surface area contributed by atoms with Crippen LogP contribution >= 0.6 is 35.6 Å². The lowest BCUT2D eigenvalue weighted by atomic mass is 10.2. The third kappa shape index (κ3) is 6.26. The Kier molecular flexibility index (Phi) is 8.66. The van der Waals surface area contributed by atoms with Gasteiger partial charge in [0.05, 0.1) is 18.7 Å². The summed E-state index contributed by atoms with van der Waals surface area (Å²) in [6, 6.07) is 16.4. The molecule has 0 bridgehead atoms. The minimum absolute atomic E-state index is 0. The van der Waals surface area contributed by atoms with E-state index >= 15 is 0 Å². The molecule has 1 fully saturated rings. The van der Waals surface area contributed by atoms with Gasteiger partial charge in [-0.2, -0.15) is 0 Å². The second-order valence-electron chi connectivity index (χ2n) is 6.45. The third-order valence-corrected chi connectivity index (χ3v) is 4.92. The first-order valence-electron chi connectivity index (χ1n) is 8.84. The van der Waals surface area contributed by atoms with Crippen LogP contribution in [-0.2, 0) is 6.54 Å². The fourth-order valence-corrected chi connectivity index (χ4v) is 3.52. The summed E-state index contributed by atoms with van der Waals surface area (Å²) in [5, 5.41) is 3.63. The predicted octanol–water partition coefficient (Wildman–Crippen LogP) is 4.36. The smallest absolute Gasteiger partial charge is 0.193 e. The minimum Gasteiger partial charge on any atom is -0.495 e. The lowest BCUT2D eigenvalue weighted by Crippen LogP contribution is -2.33. The maximum atomic E-state index is 6.14. The van der Waals surface area contributed by atoms with E-state index in [1.807, 2.05) is 12.1 Å². The first-order chi connectivity index (χ1) is 12.7. The Hall–Kier alpha value is -1.51. The molecule has 0 radical (unpaired) electrons. The van der Waals surface area contributed by atoms with E-state index in [-0.39, 0.29) is 24.0 Å². The monoisotopic (exact) mass is 500 g/mol. The maximum Gasteiger partial charge on any atom is 0.193 e. The van der Waals surface area contributed by atoms with Gasteiger partial charge in [-0.1, -0.05) is 41.9 Å². The number of nitrogens with one attached hydrogen (secondary N) is 1. The number of nitrogens with zero attached hydrogens (tertiary/aromatic N) is 2. The van der Waals surface area contributed by atoms with Gasteiger partial charge in [-0.05, 0) is 43.1 Å². The van der Waals surface area contributed by atoms with Gasteiger partial charge in [0.15, 0.2) is 5.96 Å². The van der Waals surface area contributed by atoms with Gasteiger partial charge in [0.25, 0.3) is 0 Å². The largest absolute Gasteiger partial charge is 0.495 e. The quantitative estimate of drug-likeness (QED) is 0.351. The SMILES string of the molecule is COc1ccc(NC(N)=NCC2CCCN2Cc2ccccc2)cc1Cl.I. The standard InChI is InChI=1S/C20H25ClN4O.HI/c1-26-19-10-9-16(12-18(19)21)24-20(22)23-13-17-8-5-11-25(17)14-15-6-3-2-4-7-15;/h2-4,6-7,9-10,12,17H,5,8,11,13-14H2,1H3,(H3,22,23,24);1H. The van der Waals surface area contributed by atoms with Crippen molar-refractivity contribution in [2.45, 2.75) is 25.4 Å². The topological polar surface area (TPSA) is 62.9 Å². The van der Waals surface area contributed by atoms with E-state index in [1.54, 1.807) is 19.2 Å². The van der Waals surface area contributed by atoms with Crippen molar-refractivity contribution < 1.29 is 4.74 Å². The highest BCUT2D eigenvalue weighted by molar-refractivity contribution is 14.0. The van der Waals surface area contributed by atoms with Crippen molar-refractivity contribution in [3.63, 3.8) is 0 Å². The average Bonchev–Trinajstić information content (AvgIpc) is 3.08. The van der Waals surface area contributed by atoms with E-state index in [0.717, 1.165) is 25.2 Å².